The molecule has 0 heterocycles. The van der Waals surface area contributed by atoms with E-state index in [1.54, 1.807) is 14.0 Å². The molecule has 0 aromatic rings. The van der Waals surface area contributed by atoms with E-state index in [9.17, 15) is 4.79 Å². The number of amidine groups is 1. The summed E-state index contributed by atoms with van der Waals surface area (Å²) in [6.07, 6.45) is 0. The van der Waals surface area contributed by atoms with Crippen molar-refractivity contribution < 1.29 is 4.79 Å². The third kappa shape index (κ3) is 2.39. The number of carbonyl (C=O) groups is 1. The van der Waals surface area contributed by atoms with Gasteiger partial charge in [0.25, 0.3) is 0 Å². The van der Waals surface area contributed by atoms with E-state index in [2.05, 4.69) is 16.9 Å². The Morgan fingerprint density at radius 1 is 1.50 bits per heavy atom. The first-order chi connectivity index (χ1) is 4.59. The van der Waals surface area contributed by atoms with Gasteiger partial charge in [0.15, 0.2) is 0 Å². The first-order valence-corrected chi connectivity index (χ1v) is 2.84. The van der Waals surface area contributed by atoms with Gasteiger partial charge in [0.05, 0.1) is 0 Å². The molecule has 4 nitrogen and oxygen atoms in total. The summed E-state index contributed by atoms with van der Waals surface area (Å²) >= 11 is 0. The van der Waals surface area contributed by atoms with Gasteiger partial charge in [0.2, 0.25) is 5.91 Å². The summed E-state index contributed by atoms with van der Waals surface area (Å²) in [6.45, 7) is 6.32. The molecule has 0 saturated heterocycles. The molecular weight excluding hydrogens is 130 g/mol. The van der Waals surface area contributed by atoms with Gasteiger partial charge < -0.3 is 4.90 Å². The van der Waals surface area contributed by atoms with E-state index in [0.29, 0.717) is 5.84 Å². The minimum atomic E-state index is -0.0649. The van der Waals surface area contributed by atoms with Crippen LogP contribution in [0.15, 0.2) is 10.2 Å². The fourth-order valence-corrected chi connectivity index (χ4v) is 0.397. The lowest BCUT2D eigenvalue weighted by Crippen LogP contribution is -2.28. The predicted molar refractivity (Wildman–Crippen MR) is 41.1 cm³/mol. The van der Waals surface area contributed by atoms with Gasteiger partial charge in [-0.25, -0.2) is 0 Å². The zero-order chi connectivity index (χ0) is 8.15. The fourth-order valence-electron chi connectivity index (χ4n) is 0.397. The monoisotopic (exact) mass is 141 g/mol. The summed E-state index contributed by atoms with van der Waals surface area (Å²) < 4.78 is 0. The average Bonchev–Trinajstić information content (AvgIpc) is 1.87. The lowest BCUT2D eigenvalue weighted by Gasteiger charge is -2.11. The van der Waals surface area contributed by atoms with Gasteiger partial charge in [-0.15, -0.1) is 5.10 Å². The van der Waals surface area contributed by atoms with Gasteiger partial charge in [-0.05, 0) is 6.92 Å². The van der Waals surface area contributed by atoms with Gasteiger partial charge in [-0.1, -0.05) is 0 Å². The summed E-state index contributed by atoms with van der Waals surface area (Å²) in [4.78, 5) is 12.0. The third-order valence-corrected chi connectivity index (χ3v) is 1.17. The van der Waals surface area contributed by atoms with Crippen LogP contribution in [0.5, 0.6) is 0 Å². The summed E-state index contributed by atoms with van der Waals surface area (Å²) in [5, 5.41) is 6.86. The second-order valence-electron chi connectivity index (χ2n) is 1.87. The number of rotatable bonds is 1. The minimum absolute atomic E-state index is 0.0649. The van der Waals surface area contributed by atoms with E-state index in [0.717, 1.165) is 0 Å². The summed E-state index contributed by atoms with van der Waals surface area (Å²) in [6, 6.07) is 0. The van der Waals surface area contributed by atoms with E-state index in [1.165, 1.54) is 11.8 Å². The van der Waals surface area contributed by atoms with Crippen LogP contribution < -0.4 is 0 Å². The molecule has 0 fully saturated rings. The van der Waals surface area contributed by atoms with Crippen LogP contribution >= 0.6 is 0 Å². The highest BCUT2D eigenvalue weighted by atomic mass is 16.2. The molecule has 0 unspecified atom stereocenters. The van der Waals surface area contributed by atoms with E-state index < -0.39 is 0 Å². The van der Waals surface area contributed by atoms with Gasteiger partial charge >= 0.3 is 0 Å². The Morgan fingerprint density at radius 2 is 2.00 bits per heavy atom. The molecule has 10 heavy (non-hydrogen) atoms. The molecule has 0 radical (unpaired) electrons. The Hall–Kier alpha value is -1.19. The smallest absolute Gasteiger partial charge is 0.224 e. The zero-order valence-electron chi connectivity index (χ0n) is 6.46. The van der Waals surface area contributed by atoms with Gasteiger partial charge in [-0.3, -0.25) is 4.79 Å². The second-order valence-corrected chi connectivity index (χ2v) is 1.87. The molecule has 1 amide bonds. The zero-order valence-corrected chi connectivity index (χ0v) is 6.46. The molecule has 0 saturated carbocycles. The number of carbonyl (C=O) groups excluding carboxylic acids is 1. The molecule has 0 spiro atoms. The van der Waals surface area contributed by atoms with Crippen LogP contribution in [0.3, 0.4) is 0 Å². The first kappa shape index (κ1) is 8.81. The van der Waals surface area contributed by atoms with Crippen LogP contribution in [0.2, 0.25) is 0 Å². The van der Waals surface area contributed by atoms with Gasteiger partial charge in [0.1, 0.15) is 5.84 Å². The largest absolute Gasteiger partial charge is 0.302 e. The number of amides is 1. The maximum absolute atomic E-state index is 10.6. The highest BCUT2D eigenvalue weighted by Gasteiger charge is 2.03. The van der Waals surface area contributed by atoms with Crippen molar-refractivity contribution >= 4 is 18.5 Å². The molecule has 4 heteroatoms. The van der Waals surface area contributed by atoms with E-state index in [4.69, 9.17) is 0 Å². The van der Waals surface area contributed by atoms with Crippen molar-refractivity contribution in [1.29, 1.82) is 0 Å². The van der Waals surface area contributed by atoms with Crippen LogP contribution in [-0.4, -0.2) is 30.4 Å². The molecule has 0 N–H and O–H groups in total. The lowest BCUT2D eigenvalue weighted by atomic mass is 10.5. The van der Waals surface area contributed by atoms with Crippen LogP contribution in [-0.2, 0) is 4.79 Å². The molecule has 0 atom stereocenters. The van der Waals surface area contributed by atoms with Crippen LogP contribution in [0.1, 0.15) is 13.8 Å². The maximum Gasteiger partial charge on any atom is 0.224 e. The van der Waals surface area contributed by atoms with Crippen LogP contribution in [0, 0.1) is 0 Å². The average molecular weight is 141 g/mol. The topological polar surface area (TPSA) is 45.0 Å². The van der Waals surface area contributed by atoms with E-state index in [-0.39, 0.29) is 5.91 Å². The van der Waals surface area contributed by atoms with Crippen molar-refractivity contribution in [2.24, 2.45) is 10.2 Å². The molecule has 0 aliphatic carbocycles. The standard InChI is InChI=1S/C6H11N3O/c1-5(8-7-3)9(4)6(2)10/h3H2,1-2,4H3/b8-5-. The second kappa shape index (κ2) is 3.76. The molecule has 0 aromatic heterocycles. The Bertz CT molecular complexity index is 174. The molecule has 56 valence electrons. The Kier molecular flexibility index (Phi) is 3.32. The maximum atomic E-state index is 10.6. The molecule has 0 aliphatic rings. The van der Waals surface area contributed by atoms with Crippen molar-refractivity contribution in [2.75, 3.05) is 7.05 Å². The Morgan fingerprint density at radius 3 is 2.30 bits per heavy atom. The summed E-state index contributed by atoms with van der Waals surface area (Å²) in [5.74, 6) is 0.479. The summed E-state index contributed by atoms with van der Waals surface area (Å²) in [7, 11) is 1.63. The highest BCUT2D eigenvalue weighted by molar-refractivity contribution is 5.95. The van der Waals surface area contributed by atoms with Gasteiger partial charge in [-0.2, -0.15) is 5.10 Å². The van der Waals surface area contributed by atoms with Gasteiger partial charge in [0, 0.05) is 20.7 Å². The SMILES string of the molecule is C=N/N=C(/C)N(C)C(C)=O. The Balaban J connectivity index is 4.19. The third-order valence-electron chi connectivity index (χ3n) is 1.17. The normalized spacial score (nSPS) is 10.9. The van der Waals surface area contributed by atoms with Crippen LogP contribution in [0.25, 0.3) is 0 Å². The molecule has 0 bridgehead atoms. The van der Waals surface area contributed by atoms with E-state index >= 15 is 0 Å². The Labute approximate surface area is 60.2 Å². The highest BCUT2D eigenvalue weighted by Crippen LogP contribution is 1.87. The molecule has 0 aromatic carbocycles. The summed E-state index contributed by atoms with van der Waals surface area (Å²) in [5.41, 5.74) is 0. The molecule has 0 aliphatic heterocycles. The lowest BCUT2D eigenvalue weighted by molar-refractivity contribution is -0.124. The molecule has 0 rings (SSSR count). The van der Waals surface area contributed by atoms with Crippen molar-refractivity contribution in [2.45, 2.75) is 13.8 Å². The molecular formula is C6H11N3O. The number of hydrogen-bond donors (Lipinski definition) is 0. The fraction of sp³-hybridized carbons (Fsp3) is 0.500. The van der Waals surface area contributed by atoms with E-state index in [1.807, 2.05) is 0 Å². The number of nitrogens with zero attached hydrogens (tertiary/aromatic N) is 3. The minimum Gasteiger partial charge on any atom is -0.302 e. The van der Waals surface area contributed by atoms with Crippen LogP contribution in [0.4, 0.5) is 0 Å². The quantitative estimate of drug-likeness (QED) is 0.298. The first-order valence-electron chi connectivity index (χ1n) is 2.84. The van der Waals surface area contributed by atoms with Crippen molar-refractivity contribution in [3.8, 4) is 0 Å². The van der Waals surface area contributed by atoms with Crippen molar-refractivity contribution in [1.82, 2.24) is 4.90 Å². The van der Waals surface area contributed by atoms with Crippen molar-refractivity contribution in [3.63, 3.8) is 0 Å². The number of hydrogen-bond acceptors (Lipinski definition) is 3. The van der Waals surface area contributed by atoms with Crippen molar-refractivity contribution in [3.05, 3.63) is 0 Å². The predicted octanol–water partition coefficient (Wildman–Crippen LogP) is 0.499.